The topological polar surface area (TPSA) is 59.2 Å². The molecule has 2 heterocycles. The first kappa shape index (κ1) is 21.3. The highest BCUT2D eigenvalue weighted by atomic mass is 32.2. The van der Waals surface area contributed by atoms with Gasteiger partial charge >= 0.3 is 0 Å². The number of halogens is 1. The second kappa shape index (κ2) is 9.03. The molecule has 2 aromatic heterocycles. The van der Waals surface area contributed by atoms with E-state index in [1.54, 1.807) is 30.2 Å². The van der Waals surface area contributed by atoms with Crippen molar-refractivity contribution in [1.82, 2.24) is 9.97 Å². The molecule has 4 aromatic rings. The van der Waals surface area contributed by atoms with Crippen molar-refractivity contribution in [2.75, 3.05) is 4.90 Å². The van der Waals surface area contributed by atoms with Crippen LogP contribution >= 0.6 is 23.1 Å². The van der Waals surface area contributed by atoms with Crippen molar-refractivity contribution in [3.05, 3.63) is 76.7 Å². The molecule has 0 saturated heterocycles. The van der Waals surface area contributed by atoms with Crippen molar-refractivity contribution in [2.45, 2.75) is 31.7 Å². The van der Waals surface area contributed by atoms with Crippen LogP contribution in [0.25, 0.3) is 11.3 Å². The zero-order chi connectivity index (χ0) is 22.0. The number of thiazole rings is 1. The van der Waals surface area contributed by atoms with Gasteiger partial charge in [-0.1, -0.05) is 29.5 Å². The Kier molecular flexibility index (Phi) is 6.20. The Bertz CT molecular complexity index is 1220. The number of rotatable bonds is 6. The average Bonchev–Trinajstić information content (AvgIpc) is 3.38. The Hall–Kier alpha value is -2.97. The summed E-state index contributed by atoms with van der Waals surface area (Å²) >= 11 is 2.84. The van der Waals surface area contributed by atoms with Crippen molar-refractivity contribution in [3.8, 4) is 11.3 Å². The number of aromatic nitrogens is 2. The van der Waals surface area contributed by atoms with Crippen LogP contribution in [0, 0.1) is 19.7 Å². The third-order valence-corrected chi connectivity index (χ3v) is 6.35. The van der Waals surface area contributed by atoms with Gasteiger partial charge in [0.2, 0.25) is 5.91 Å². The van der Waals surface area contributed by atoms with Crippen molar-refractivity contribution >= 4 is 39.8 Å². The van der Waals surface area contributed by atoms with E-state index in [1.165, 1.54) is 35.2 Å². The molecule has 0 aliphatic heterocycles. The van der Waals surface area contributed by atoms with Gasteiger partial charge in [0, 0.05) is 23.6 Å². The molecule has 0 atom stereocenters. The Labute approximate surface area is 188 Å². The van der Waals surface area contributed by atoms with E-state index in [1.807, 2.05) is 31.4 Å². The Balaban J connectivity index is 1.47. The highest BCUT2D eigenvalue weighted by Crippen LogP contribution is 2.33. The van der Waals surface area contributed by atoms with Crippen LogP contribution in [0.2, 0.25) is 0 Å². The highest BCUT2D eigenvalue weighted by Gasteiger charge is 2.20. The number of aryl methyl sites for hydroxylation is 2. The number of carbonyl (C=O) groups excluding carboxylic acids is 1. The molecule has 0 fully saturated rings. The first-order valence-corrected chi connectivity index (χ1v) is 11.4. The van der Waals surface area contributed by atoms with Gasteiger partial charge in [0.1, 0.15) is 5.82 Å². The summed E-state index contributed by atoms with van der Waals surface area (Å²) in [5.74, 6) is 0.757. The molecule has 0 aliphatic carbocycles. The normalized spacial score (nSPS) is 11.0. The second-order valence-corrected chi connectivity index (χ2v) is 8.81. The summed E-state index contributed by atoms with van der Waals surface area (Å²) in [4.78, 5) is 22.9. The van der Waals surface area contributed by atoms with Gasteiger partial charge in [0.05, 0.1) is 17.6 Å². The lowest BCUT2D eigenvalue weighted by molar-refractivity contribution is -0.115. The summed E-state index contributed by atoms with van der Waals surface area (Å²) in [5.41, 5.74) is 4.61. The zero-order valence-electron chi connectivity index (χ0n) is 17.3. The maximum absolute atomic E-state index is 13.1. The largest absolute Gasteiger partial charge is 0.431 e. The van der Waals surface area contributed by atoms with Crippen molar-refractivity contribution in [3.63, 3.8) is 0 Å². The molecule has 31 heavy (non-hydrogen) atoms. The van der Waals surface area contributed by atoms with Gasteiger partial charge in [-0.25, -0.2) is 14.4 Å². The molecule has 4 rings (SSSR count). The molecule has 0 N–H and O–H groups in total. The molecule has 0 aliphatic rings. The van der Waals surface area contributed by atoms with Gasteiger partial charge in [-0.2, -0.15) is 0 Å². The maximum Gasteiger partial charge on any atom is 0.256 e. The van der Waals surface area contributed by atoms with E-state index >= 15 is 0 Å². The zero-order valence-corrected chi connectivity index (χ0v) is 18.9. The third kappa shape index (κ3) is 4.86. The average molecular weight is 454 g/mol. The molecular formula is C23H20FN3O2S2. The van der Waals surface area contributed by atoms with Gasteiger partial charge < -0.3 is 4.42 Å². The summed E-state index contributed by atoms with van der Waals surface area (Å²) in [7, 11) is 0. The number of anilines is 2. The van der Waals surface area contributed by atoms with E-state index < -0.39 is 0 Å². The summed E-state index contributed by atoms with van der Waals surface area (Å²) in [6, 6.07) is 12.1. The summed E-state index contributed by atoms with van der Waals surface area (Å²) in [5, 5.41) is 3.08. The predicted molar refractivity (Wildman–Crippen MR) is 122 cm³/mol. The van der Waals surface area contributed by atoms with E-state index in [9.17, 15) is 9.18 Å². The lowest BCUT2D eigenvalue weighted by Crippen LogP contribution is -2.23. The van der Waals surface area contributed by atoms with Gasteiger partial charge in [0.25, 0.3) is 5.22 Å². The number of nitrogens with zero attached hydrogens (tertiary/aromatic N) is 3. The van der Waals surface area contributed by atoms with Crippen LogP contribution in [0.4, 0.5) is 15.2 Å². The number of hydrogen-bond donors (Lipinski definition) is 0. The minimum Gasteiger partial charge on any atom is -0.431 e. The number of benzene rings is 2. The fourth-order valence-corrected chi connectivity index (χ4v) is 4.82. The second-order valence-electron chi connectivity index (χ2n) is 7.05. The summed E-state index contributed by atoms with van der Waals surface area (Å²) in [6.07, 6.45) is 1.62. The molecule has 0 unspecified atom stereocenters. The Morgan fingerprint density at radius 1 is 1.19 bits per heavy atom. The van der Waals surface area contributed by atoms with E-state index in [-0.39, 0.29) is 11.7 Å². The number of oxazole rings is 1. The van der Waals surface area contributed by atoms with E-state index in [4.69, 9.17) is 4.42 Å². The van der Waals surface area contributed by atoms with Gasteiger partial charge in [-0.05, 0) is 49.7 Å². The Morgan fingerprint density at radius 2 is 1.97 bits per heavy atom. The standard InChI is InChI=1S/C23H20FN3O2S2/c1-14-4-9-20(15(2)10-14)27(16(3)28)22-26-19(12-30-22)13-31-23-25-11-21(29-23)17-5-7-18(24)8-6-17/h4-12H,13H2,1-3H3. The molecule has 158 valence electrons. The minimum atomic E-state index is -0.294. The lowest BCUT2D eigenvalue weighted by atomic mass is 10.1. The van der Waals surface area contributed by atoms with Crippen LogP contribution in [-0.4, -0.2) is 15.9 Å². The molecule has 1 amide bonds. The van der Waals surface area contributed by atoms with E-state index in [0.29, 0.717) is 21.9 Å². The third-order valence-electron chi connectivity index (χ3n) is 4.60. The number of thioether (sulfide) groups is 1. The minimum absolute atomic E-state index is 0.0860. The van der Waals surface area contributed by atoms with Crippen LogP contribution < -0.4 is 4.90 Å². The van der Waals surface area contributed by atoms with Crippen LogP contribution in [0.15, 0.2) is 63.7 Å². The maximum atomic E-state index is 13.1. The lowest BCUT2D eigenvalue weighted by Gasteiger charge is -2.20. The van der Waals surface area contributed by atoms with Crippen LogP contribution in [0.3, 0.4) is 0 Å². The molecule has 0 radical (unpaired) electrons. The molecule has 8 heteroatoms. The fourth-order valence-electron chi connectivity index (χ4n) is 3.14. The smallest absolute Gasteiger partial charge is 0.256 e. The first-order chi connectivity index (χ1) is 14.9. The number of carbonyl (C=O) groups is 1. The SMILES string of the molecule is CC(=O)N(c1nc(CSc2ncc(-c3ccc(F)cc3)o2)cs1)c1ccc(C)cc1C. The van der Waals surface area contributed by atoms with Crippen LogP contribution in [0.1, 0.15) is 23.7 Å². The molecule has 5 nitrogen and oxygen atoms in total. The quantitative estimate of drug-likeness (QED) is 0.311. The summed E-state index contributed by atoms with van der Waals surface area (Å²) < 4.78 is 18.9. The van der Waals surface area contributed by atoms with Crippen molar-refractivity contribution < 1.29 is 13.6 Å². The Morgan fingerprint density at radius 3 is 2.68 bits per heavy atom. The van der Waals surface area contributed by atoms with Crippen molar-refractivity contribution in [1.29, 1.82) is 0 Å². The van der Waals surface area contributed by atoms with Crippen molar-refractivity contribution in [2.24, 2.45) is 0 Å². The van der Waals surface area contributed by atoms with Gasteiger partial charge in [-0.3, -0.25) is 9.69 Å². The molecule has 0 saturated carbocycles. The molecular weight excluding hydrogens is 433 g/mol. The molecule has 0 spiro atoms. The monoisotopic (exact) mass is 453 g/mol. The highest BCUT2D eigenvalue weighted by molar-refractivity contribution is 7.98. The fraction of sp³-hybridized carbons (Fsp3) is 0.174. The predicted octanol–water partition coefficient (Wildman–Crippen LogP) is 6.53. The van der Waals surface area contributed by atoms with E-state index in [2.05, 4.69) is 16.0 Å². The molecule has 2 aromatic carbocycles. The summed E-state index contributed by atoms with van der Waals surface area (Å²) in [6.45, 7) is 5.56. The van der Waals surface area contributed by atoms with Gasteiger partial charge in [0.15, 0.2) is 10.9 Å². The van der Waals surface area contributed by atoms with E-state index in [0.717, 1.165) is 28.1 Å². The van der Waals surface area contributed by atoms with Crippen LogP contribution in [0.5, 0.6) is 0 Å². The first-order valence-electron chi connectivity index (χ1n) is 9.57. The van der Waals surface area contributed by atoms with Gasteiger partial charge in [-0.15, -0.1) is 11.3 Å². The molecule has 0 bridgehead atoms. The number of amides is 1. The number of hydrogen-bond acceptors (Lipinski definition) is 6. The van der Waals surface area contributed by atoms with Crippen LogP contribution in [-0.2, 0) is 10.5 Å².